The first-order valence-corrected chi connectivity index (χ1v) is 5.18. The molecule has 1 aliphatic carbocycles. The van der Waals surface area contributed by atoms with Crippen LogP contribution in [0.4, 0.5) is 4.39 Å². The predicted octanol–water partition coefficient (Wildman–Crippen LogP) is 2.33. The minimum absolute atomic E-state index is 0.0215. The lowest BCUT2D eigenvalue weighted by atomic mass is 9.65. The SMILES string of the molecule is CC1(C)C(N)CC1Oc1cccc(F)c1. The van der Waals surface area contributed by atoms with Gasteiger partial charge in [-0.15, -0.1) is 0 Å². The van der Waals surface area contributed by atoms with E-state index < -0.39 is 0 Å². The van der Waals surface area contributed by atoms with Gasteiger partial charge in [-0.05, 0) is 12.1 Å². The summed E-state index contributed by atoms with van der Waals surface area (Å²) in [7, 11) is 0. The standard InChI is InChI=1S/C12H16FNO/c1-12(2)10(14)7-11(12)15-9-5-3-4-8(13)6-9/h3-6,10-11H,7,14H2,1-2H3. The van der Waals surface area contributed by atoms with Crippen LogP contribution in [0.1, 0.15) is 20.3 Å². The molecule has 82 valence electrons. The molecule has 0 aliphatic heterocycles. The molecule has 2 nitrogen and oxygen atoms in total. The van der Waals surface area contributed by atoms with Gasteiger partial charge >= 0.3 is 0 Å². The van der Waals surface area contributed by atoms with E-state index >= 15 is 0 Å². The van der Waals surface area contributed by atoms with Crippen molar-refractivity contribution in [3.05, 3.63) is 30.1 Å². The Balaban J connectivity index is 2.05. The van der Waals surface area contributed by atoms with Crippen LogP contribution in [0.15, 0.2) is 24.3 Å². The zero-order valence-electron chi connectivity index (χ0n) is 9.03. The van der Waals surface area contributed by atoms with Gasteiger partial charge in [-0.3, -0.25) is 0 Å². The first kappa shape index (κ1) is 10.4. The molecule has 15 heavy (non-hydrogen) atoms. The van der Waals surface area contributed by atoms with E-state index in [4.69, 9.17) is 10.5 Å². The van der Waals surface area contributed by atoms with Crippen LogP contribution in [0.25, 0.3) is 0 Å². The molecular formula is C12H16FNO. The minimum Gasteiger partial charge on any atom is -0.490 e. The maximum Gasteiger partial charge on any atom is 0.126 e. The van der Waals surface area contributed by atoms with E-state index in [0.29, 0.717) is 5.75 Å². The van der Waals surface area contributed by atoms with E-state index in [1.807, 2.05) is 0 Å². The third-order valence-corrected chi connectivity index (χ3v) is 3.33. The van der Waals surface area contributed by atoms with Crippen LogP contribution < -0.4 is 10.5 Å². The summed E-state index contributed by atoms with van der Waals surface area (Å²) in [5, 5.41) is 0. The molecule has 2 unspecified atom stereocenters. The second-order valence-corrected chi connectivity index (χ2v) is 4.73. The fraction of sp³-hybridized carbons (Fsp3) is 0.500. The van der Waals surface area contributed by atoms with Gasteiger partial charge in [0.15, 0.2) is 0 Å². The fourth-order valence-corrected chi connectivity index (χ4v) is 1.82. The normalized spacial score (nSPS) is 28.3. The molecule has 1 aliphatic rings. The third-order valence-electron chi connectivity index (χ3n) is 3.33. The van der Waals surface area contributed by atoms with Crippen molar-refractivity contribution in [1.29, 1.82) is 0 Å². The summed E-state index contributed by atoms with van der Waals surface area (Å²) in [5.41, 5.74) is 5.85. The van der Waals surface area contributed by atoms with E-state index in [1.165, 1.54) is 12.1 Å². The van der Waals surface area contributed by atoms with Crippen molar-refractivity contribution >= 4 is 0 Å². The van der Waals surface area contributed by atoms with Crippen LogP contribution in [0, 0.1) is 11.2 Å². The van der Waals surface area contributed by atoms with Crippen molar-refractivity contribution in [2.75, 3.05) is 0 Å². The lowest BCUT2D eigenvalue weighted by Crippen LogP contribution is -2.60. The Hall–Kier alpha value is -1.09. The number of hydrogen-bond acceptors (Lipinski definition) is 2. The molecule has 3 heteroatoms. The van der Waals surface area contributed by atoms with Crippen molar-refractivity contribution in [1.82, 2.24) is 0 Å². The maximum atomic E-state index is 12.9. The molecule has 2 rings (SSSR count). The van der Waals surface area contributed by atoms with Gasteiger partial charge in [0.2, 0.25) is 0 Å². The second-order valence-electron chi connectivity index (χ2n) is 4.73. The Morgan fingerprint density at radius 1 is 1.47 bits per heavy atom. The van der Waals surface area contributed by atoms with Crippen molar-refractivity contribution in [2.45, 2.75) is 32.4 Å². The van der Waals surface area contributed by atoms with Gasteiger partial charge in [0.05, 0.1) is 0 Å². The van der Waals surface area contributed by atoms with Gasteiger partial charge in [-0.2, -0.15) is 0 Å². The molecule has 0 saturated heterocycles. The molecular weight excluding hydrogens is 193 g/mol. The number of benzene rings is 1. The lowest BCUT2D eigenvalue weighted by molar-refractivity contribution is -0.0401. The van der Waals surface area contributed by atoms with Crippen LogP contribution in [0.5, 0.6) is 5.75 Å². The van der Waals surface area contributed by atoms with Gasteiger partial charge in [-0.25, -0.2) is 4.39 Å². The number of nitrogens with two attached hydrogens (primary N) is 1. The molecule has 2 atom stereocenters. The number of rotatable bonds is 2. The van der Waals surface area contributed by atoms with Crippen LogP contribution in [-0.2, 0) is 0 Å². The number of hydrogen-bond donors (Lipinski definition) is 1. The summed E-state index contributed by atoms with van der Waals surface area (Å²) < 4.78 is 18.6. The van der Waals surface area contributed by atoms with E-state index in [0.717, 1.165) is 6.42 Å². The molecule has 0 spiro atoms. The van der Waals surface area contributed by atoms with Gasteiger partial charge < -0.3 is 10.5 Å². The molecule has 0 aromatic heterocycles. The summed E-state index contributed by atoms with van der Waals surface area (Å²) in [5.74, 6) is 0.314. The summed E-state index contributed by atoms with van der Waals surface area (Å²) in [4.78, 5) is 0. The highest BCUT2D eigenvalue weighted by molar-refractivity contribution is 5.23. The molecule has 0 bridgehead atoms. The smallest absolute Gasteiger partial charge is 0.126 e. The molecule has 0 heterocycles. The first-order valence-electron chi connectivity index (χ1n) is 5.18. The van der Waals surface area contributed by atoms with Crippen LogP contribution >= 0.6 is 0 Å². The monoisotopic (exact) mass is 209 g/mol. The highest BCUT2D eigenvalue weighted by Gasteiger charge is 2.47. The van der Waals surface area contributed by atoms with E-state index in [1.54, 1.807) is 12.1 Å². The van der Waals surface area contributed by atoms with Gasteiger partial charge in [0.1, 0.15) is 17.7 Å². The van der Waals surface area contributed by atoms with Crippen LogP contribution in [0.3, 0.4) is 0 Å². The average Bonchev–Trinajstić information content (AvgIpc) is 2.17. The van der Waals surface area contributed by atoms with Gasteiger partial charge in [0, 0.05) is 23.9 Å². The van der Waals surface area contributed by atoms with E-state index in [2.05, 4.69) is 13.8 Å². The van der Waals surface area contributed by atoms with Gasteiger partial charge in [-0.1, -0.05) is 19.9 Å². The Labute approximate surface area is 89.2 Å². The predicted molar refractivity (Wildman–Crippen MR) is 57.2 cm³/mol. The maximum absolute atomic E-state index is 12.9. The molecule has 1 aromatic carbocycles. The Kier molecular flexibility index (Phi) is 2.43. The molecule has 2 N–H and O–H groups in total. The molecule has 0 amide bonds. The summed E-state index contributed by atoms with van der Waals surface area (Å²) in [6.45, 7) is 4.15. The van der Waals surface area contributed by atoms with E-state index in [-0.39, 0.29) is 23.4 Å². The molecule has 1 saturated carbocycles. The summed E-state index contributed by atoms with van der Waals surface area (Å²) in [6, 6.07) is 6.40. The lowest BCUT2D eigenvalue weighted by Gasteiger charge is -2.49. The zero-order valence-corrected chi connectivity index (χ0v) is 9.03. The Morgan fingerprint density at radius 2 is 2.20 bits per heavy atom. The molecule has 1 fully saturated rings. The van der Waals surface area contributed by atoms with Crippen LogP contribution in [0.2, 0.25) is 0 Å². The minimum atomic E-state index is -0.270. The topological polar surface area (TPSA) is 35.2 Å². The van der Waals surface area contributed by atoms with E-state index in [9.17, 15) is 4.39 Å². The molecule has 0 radical (unpaired) electrons. The first-order chi connectivity index (χ1) is 7.00. The second kappa shape index (κ2) is 3.49. The summed E-state index contributed by atoms with van der Waals surface area (Å²) in [6.07, 6.45) is 0.929. The Morgan fingerprint density at radius 3 is 2.73 bits per heavy atom. The number of ether oxygens (including phenoxy) is 1. The van der Waals surface area contributed by atoms with Crippen molar-refractivity contribution < 1.29 is 9.13 Å². The fourth-order valence-electron chi connectivity index (χ4n) is 1.82. The van der Waals surface area contributed by atoms with Crippen molar-refractivity contribution in [2.24, 2.45) is 11.1 Å². The zero-order chi connectivity index (χ0) is 11.1. The summed E-state index contributed by atoms with van der Waals surface area (Å²) >= 11 is 0. The van der Waals surface area contributed by atoms with Crippen molar-refractivity contribution in [3.8, 4) is 5.75 Å². The highest BCUT2D eigenvalue weighted by Crippen LogP contribution is 2.41. The third kappa shape index (κ3) is 1.84. The van der Waals surface area contributed by atoms with Crippen LogP contribution in [-0.4, -0.2) is 12.1 Å². The quantitative estimate of drug-likeness (QED) is 0.811. The highest BCUT2D eigenvalue weighted by atomic mass is 19.1. The Bertz CT molecular complexity index is 364. The average molecular weight is 209 g/mol. The molecule has 1 aromatic rings. The van der Waals surface area contributed by atoms with Crippen molar-refractivity contribution in [3.63, 3.8) is 0 Å². The number of halogens is 1. The van der Waals surface area contributed by atoms with Gasteiger partial charge in [0.25, 0.3) is 0 Å². The largest absolute Gasteiger partial charge is 0.490 e.